The fourth-order valence-corrected chi connectivity index (χ4v) is 9.56. The molecule has 0 spiro atoms. The Morgan fingerprint density at radius 2 is 1.55 bits per heavy atom. The van der Waals surface area contributed by atoms with Gasteiger partial charge in [0.2, 0.25) is 11.8 Å². The second-order valence-corrected chi connectivity index (χ2v) is 17.1. The molecule has 330 valence electrons. The number of nitrogens with zero attached hydrogens (tertiary/aromatic N) is 6. The largest absolute Gasteiger partial charge is 0.496 e. The molecule has 2 atom stereocenters. The van der Waals surface area contributed by atoms with Gasteiger partial charge in [-0.25, -0.2) is 4.79 Å². The third-order valence-corrected chi connectivity index (χ3v) is 12.8. The Hall–Kier alpha value is -5.78. The number of anilines is 1. The van der Waals surface area contributed by atoms with Crippen molar-refractivity contribution in [1.82, 2.24) is 34.8 Å². The summed E-state index contributed by atoms with van der Waals surface area (Å²) in [5.41, 5.74) is 5.58. The predicted molar refractivity (Wildman–Crippen MR) is 229 cm³/mol. The van der Waals surface area contributed by atoms with E-state index in [4.69, 9.17) is 14.2 Å². The molecule has 17 heteroatoms. The third kappa shape index (κ3) is 8.52. The van der Waals surface area contributed by atoms with E-state index in [0.717, 1.165) is 78.3 Å². The number of nitrogens with one attached hydrogen (secondary N) is 2. The Labute approximate surface area is 360 Å². The predicted octanol–water partition coefficient (Wildman–Crippen LogP) is 2.36. The molecule has 5 aliphatic heterocycles. The first-order chi connectivity index (χ1) is 29.8. The number of piperidine rings is 2. The number of fused-ring (bicyclic) bond motifs is 2. The lowest BCUT2D eigenvalue weighted by molar-refractivity contribution is -0.136. The first-order valence-corrected chi connectivity index (χ1v) is 21.5. The lowest BCUT2D eigenvalue weighted by Gasteiger charge is -2.35. The molecule has 6 heterocycles. The van der Waals surface area contributed by atoms with Crippen LogP contribution in [0.3, 0.4) is 0 Å². The minimum Gasteiger partial charge on any atom is -0.496 e. The quantitative estimate of drug-likeness (QED) is 0.255. The normalized spacial score (nSPS) is 20.8. The van der Waals surface area contributed by atoms with Gasteiger partial charge in [0, 0.05) is 88.8 Å². The van der Waals surface area contributed by atoms with Crippen molar-refractivity contribution in [2.45, 2.75) is 69.9 Å². The van der Waals surface area contributed by atoms with Gasteiger partial charge in [-0.15, -0.1) is 0 Å². The summed E-state index contributed by atoms with van der Waals surface area (Å²) in [7, 11) is 9.01. The van der Waals surface area contributed by atoms with Gasteiger partial charge in [-0.2, -0.15) is 0 Å². The van der Waals surface area contributed by atoms with E-state index in [1.807, 2.05) is 38.5 Å². The van der Waals surface area contributed by atoms with Crippen molar-refractivity contribution < 1.29 is 38.2 Å². The molecule has 0 bridgehead atoms. The standard InChI is InChI=1S/C45H56N8O9/c1-48(2)24-36-38(60-4)20-27(21-39(36)61-5)34-25-49(3)42(56)35-26-52(18-13-31(34)35)45(59)46-14-19-50-15-10-30(23-50)62-29-11-16-51(17-12-29)28-6-7-32-33(22-28)44(58)53(43(32)57)37-8-9-40(54)47-41(37)55/h6-7,20-22,25,29-30,37H,8-19,23-24,26H2,1-5H3,(H,46,59)(H,47,54,55). The first-order valence-electron chi connectivity index (χ1n) is 21.5. The van der Waals surface area contributed by atoms with Gasteiger partial charge in [0.05, 0.1) is 49.7 Å². The van der Waals surface area contributed by atoms with E-state index in [1.165, 1.54) is 0 Å². The van der Waals surface area contributed by atoms with Gasteiger partial charge in [-0.1, -0.05) is 0 Å². The first kappa shape index (κ1) is 42.9. The Bertz CT molecular complexity index is 2310. The average molecular weight is 853 g/mol. The number of methoxy groups -OCH3 is 2. The lowest BCUT2D eigenvalue weighted by atomic mass is 9.91. The van der Waals surface area contributed by atoms with Crippen LogP contribution in [-0.4, -0.2) is 146 Å². The monoisotopic (exact) mass is 852 g/mol. The van der Waals surface area contributed by atoms with Crippen LogP contribution in [0.25, 0.3) is 11.1 Å². The summed E-state index contributed by atoms with van der Waals surface area (Å²) in [5, 5.41) is 5.32. The van der Waals surface area contributed by atoms with Gasteiger partial charge < -0.3 is 38.8 Å². The molecule has 3 aromatic rings. The van der Waals surface area contributed by atoms with Gasteiger partial charge >= 0.3 is 6.03 Å². The summed E-state index contributed by atoms with van der Waals surface area (Å²) < 4.78 is 19.7. The summed E-state index contributed by atoms with van der Waals surface area (Å²) >= 11 is 0. The van der Waals surface area contributed by atoms with E-state index in [1.54, 1.807) is 42.9 Å². The molecule has 1 aromatic heterocycles. The molecule has 2 aromatic carbocycles. The second-order valence-electron chi connectivity index (χ2n) is 17.1. The van der Waals surface area contributed by atoms with Crippen molar-refractivity contribution in [3.8, 4) is 22.6 Å². The SMILES string of the molecule is COc1cc(-c2cn(C)c(=O)c3c2CCN(C(=O)NCCN2CCC(OC4CCN(c5ccc6c(c5)C(=O)N(C5CCC(=O)NC5=O)C6=O)CC4)C2)C3)cc(OC)c1CN(C)C. The summed E-state index contributed by atoms with van der Waals surface area (Å²) in [6.45, 7) is 5.63. The van der Waals surface area contributed by atoms with Crippen molar-refractivity contribution in [2.75, 3.05) is 79.0 Å². The second kappa shape index (κ2) is 17.9. The van der Waals surface area contributed by atoms with Gasteiger partial charge in [0.15, 0.2) is 0 Å². The molecule has 0 aliphatic carbocycles. The Morgan fingerprint density at radius 1 is 0.839 bits per heavy atom. The molecule has 8 rings (SSSR count). The average Bonchev–Trinajstić information content (AvgIpc) is 3.81. The molecule has 0 saturated carbocycles. The number of carbonyl (C=O) groups excluding carboxylic acids is 5. The number of ether oxygens (including phenoxy) is 3. The lowest BCUT2D eigenvalue weighted by Crippen LogP contribution is -2.54. The number of hydrogen-bond acceptors (Lipinski definition) is 12. The molecule has 3 saturated heterocycles. The highest BCUT2D eigenvalue weighted by atomic mass is 16.5. The summed E-state index contributed by atoms with van der Waals surface area (Å²) in [6, 6.07) is 8.04. The number of amides is 6. The van der Waals surface area contributed by atoms with Crippen LogP contribution in [0.1, 0.15) is 69.5 Å². The number of imide groups is 2. The minimum atomic E-state index is -0.992. The molecule has 6 amide bonds. The highest BCUT2D eigenvalue weighted by molar-refractivity contribution is 6.23. The molecular formula is C45H56N8O9. The van der Waals surface area contributed by atoms with Crippen LogP contribution in [0, 0.1) is 0 Å². The van der Waals surface area contributed by atoms with Crippen LogP contribution in [0.4, 0.5) is 10.5 Å². The molecule has 2 N–H and O–H groups in total. The molecule has 3 fully saturated rings. The van der Waals surface area contributed by atoms with Crippen LogP contribution in [0.15, 0.2) is 41.3 Å². The summed E-state index contributed by atoms with van der Waals surface area (Å²) in [4.78, 5) is 86.7. The van der Waals surface area contributed by atoms with Crippen molar-refractivity contribution in [1.29, 1.82) is 0 Å². The molecule has 2 unspecified atom stereocenters. The zero-order chi connectivity index (χ0) is 43.8. The number of aryl methyl sites for hydroxylation is 1. The van der Waals surface area contributed by atoms with Crippen molar-refractivity contribution in [3.05, 3.63) is 74.7 Å². The fraction of sp³-hybridized carbons (Fsp3) is 0.511. The Kier molecular flexibility index (Phi) is 12.4. The number of carbonyl (C=O) groups is 5. The third-order valence-electron chi connectivity index (χ3n) is 12.8. The van der Waals surface area contributed by atoms with Crippen molar-refractivity contribution >= 4 is 35.3 Å². The van der Waals surface area contributed by atoms with E-state index in [-0.39, 0.29) is 54.3 Å². The number of urea groups is 1. The minimum absolute atomic E-state index is 0.0774. The van der Waals surface area contributed by atoms with Crippen LogP contribution in [0.2, 0.25) is 0 Å². The molecule has 17 nitrogen and oxygen atoms in total. The van der Waals surface area contributed by atoms with Crippen LogP contribution in [-0.2, 0) is 40.9 Å². The zero-order valence-corrected chi connectivity index (χ0v) is 36.2. The number of hydrogen-bond donors (Lipinski definition) is 2. The summed E-state index contributed by atoms with van der Waals surface area (Å²) in [5.74, 6) is -0.626. The maximum Gasteiger partial charge on any atom is 0.317 e. The van der Waals surface area contributed by atoms with Crippen LogP contribution in [0.5, 0.6) is 11.5 Å². The number of benzene rings is 2. The number of pyridine rings is 1. The Morgan fingerprint density at radius 3 is 2.24 bits per heavy atom. The molecule has 62 heavy (non-hydrogen) atoms. The summed E-state index contributed by atoms with van der Waals surface area (Å²) in [6.07, 6.45) is 5.32. The zero-order valence-electron chi connectivity index (χ0n) is 36.2. The molecular weight excluding hydrogens is 797 g/mol. The molecule has 0 radical (unpaired) electrons. The number of rotatable bonds is 12. The van der Waals surface area contributed by atoms with Crippen LogP contribution >= 0.6 is 0 Å². The van der Waals surface area contributed by atoms with E-state index >= 15 is 0 Å². The molecule has 5 aliphatic rings. The van der Waals surface area contributed by atoms with Crippen LogP contribution < -0.4 is 30.6 Å². The smallest absolute Gasteiger partial charge is 0.317 e. The van der Waals surface area contributed by atoms with E-state index in [0.29, 0.717) is 49.7 Å². The van der Waals surface area contributed by atoms with Gasteiger partial charge in [-0.3, -0.25) is 39.1 Å². The maximum absolute atomic E-state index is 13.4. The topological polar surface area (TPSA) is 175 Å². The highest BCUT2D eigenvalue weighted by Crippen LogP contribution is 2.38. The fourth-order valence-electron chi connectivity index (χ4n) is 9.56. The van der Waals surface area contributed by atoms with E-state index in [9.17, 15) is 28.8 Å². The van der Waals surface area contributed by atoms with Crippen molar-refractivity contribution in [3.63, 3.8) is 0 Å². The van der Waals surface area contributed by atoms with E-state index in [2.05, 4.69) is 25.3 Å². The number of aromatic nitrogens is 1. The van der Waals surface area contributed by atoms with Gasteiger partial charge in [-0.05, 0) is 87.7 Å². The maximum atomic E-state index is 13.4. The highest BCUT2D eigenvalue weighted by Gasteiger charge is 2.45. The Balaban J connectivity index is 0.800. The number of likely N-dealkylation sites (tertiary alicyclic amines) is 1. The van der Waals surface area contributed by atoms with E-state index < -0.39 is 29.7 Å². The van der Waals surface area contributed by atoms with Gasteiger partial charge in [0.1, 0.15) is 17.5 Å². The van der Waals surface area contributed by atoms with Crippen molar-refractivity contribution in [2.24, 2.45) is 7.05 Å². The van der Waals surface area contributed by atoms with Gasteiger partial charge in [0.25, 0.3) is 17.4 Å².